The molecule has 1 unspecified atom stereocenters. The van der Waals surface area contributed by atoms with Gasteiger partial charge in [0.15, 0.2) is 18.1 Å². The Hall–Kier alpha value is -3.81. The Morgan fingerprint density at radius 1 is 1.09 bits per heavy atom. The molecule has 2 aromatic carbocycles. The largest absolute Gasteiger partial charge is 0.485 e. The van der Waals surface area contributed by atoms with Crippen LogP contribution in [-0.4, -0.2) is 41.0 Å². The van der Waals surface area contributed by atoms with Crippen LogP contribution in [0.25, 0.3) is 5.69 Å². The fraction of sp³-hybridized carbons (Fsp3) is 0.292. The average Bonchev–Trinajstić information content (AvgIpc) is 3.22. The van der Waals surface area contributed by atoms with E-state index < -0.39 is 24.6 Å². The number of hydrogen-bond donors (Lipinski definition) is 1. The van der Waals surface area contributed by atoms with Crippen molar-refractivity contribution in [3.63, 3.8) is 0 Å². The zero-order valence-corrected chi connectivity index (χ0v) is 18.2. The third-order valence-corrected chi connectivity index (χ3v) is 4.86. The van der Waals surface area contributed by atoms with Gasteiger partial charge < -0.3 is 19.5 Å². The fourth-order valence-corrected chi connectivity index (χ4v) is 3.15. The summed E-state index contributed by atoms with van der Waals surface area (Å²) in [7, 11) is 0. The van der Waals surface area contributed by atoms with Crippen LogP contribution in [0.3, 0.4) is 0 Å². The number of hydrogen-bond acceptors (Lipinski definition) is 6. The highest BCUT2D eigenvalue weighted by Gasteiger charge is 2.29. The standard InChI is InChI=1S/C24H25N3O5/c1-24(2,3)20-13-21(27(26-20)16-9-5-4-6-10-16)25-22(28)15-31-23(29)19-14-30-17-11-7-8-12-18(17)32-19/h4-13,19H,14-15H2,1-3H3,(H,25,28). The molecule has 0 spiro atoms. The topological polar surface area (TPSA) is 91.7 Å². The highest BCUT2D eigenvalue weighted by Crippen LogP contribution is 2.31. The number of carbonyl (C=O) groups excluding carboxylic acids is 2. The van der Waals surface area contributed by atoms with E-state index in [-0.39, 0.29) is 12.0 Å². The third-order valence-electron chi connectivity index (χ3n) is 4.86. The monoisotopic (exact) mass is 435 g/mol. The third kappa shape index (κ3) is 4.74. The van der Waals surface area contributed by atoms with Gasteiger partial charge in [-0.3, -0.25) is 4.79 Å². The molecule has 1 N–H and O–H groups in total. The van der Waals surface area contributed by atoms with E-state index in [1.165, 1.54) is 0 Å². The van der Waals surface area contributed by atoms with Gasteiger partial charge in [0.25, 0.3) is 5.91 Å². The molecule has 0 fully saturated rings. The number of para-hydroxylation sites is 3. The van der Waals surface area contributed by atoms with Crippen molar-refractivity contribution in [2.45, 2.75) is 32.3 Å². The minimum absolute atomic E-state index is 0.0210. The van der Waals surface area contributed by atoms with Gasteiger partial charge in [-0.2, -0.15) is 5.10 Å². The fourth-order valence-electron chi connectivity index (χ4n) is 3.15. The first-order valence-corrected chi connectivity index (χ1v) is 10.3. The highest BCUT2D eigenvalue weighted by atomic mass is 16.6. The second kappa shape index (κ2) is 8.74. The second-order valence-corrected chi connectivity index (χ2v) is 8.43. The lowest BCUT2D eigenvalue weighted by Gasteiger charge is -2.24. The minimum Gasteiger partial charge on any atom is -0.485 e. The molecule has 8 nitrogen and oxygen atoms in total. The van der Waals surface area contributed by atoms with Crippen LogP contribution in [0.15, 0.2) is 60.7 Å². The first kappa shape index (κ1) is 21.4. The number of carbonyl (C=O) groups is 2. The Morgan fingerprint density at radius 2 is 1.78 bits per heavy atom. The van der Waals surface area contributed by atoms with Crippen LogP contribution in [0.4, 0.5) is 5.82 Å². The number of esters is 1. The number of benzene rings is 2. The summed E-state index contributed by atoms with van der Waals surface area (Å²) in [6.45, 7) is 5.70. The number of nitrogens with one attached hydrogen (secondary N) is 1. The Morgan fingerprint density at radius 3 is 2.50 bits per heavy atom. The maximum Gasteiger partial charge on any atom is 0.351 e. The van der Waals surface area contributed by atoms with Crippen molar-refractivity contribution in [2.24, 2.45) is 0 Å². The van der Waals surface area contributed by atoms with Crippen molar-refractivity contribution < 1.29 is 23.8 Å². The first-order chi connectivity index (χ1) is 15.3. The Balaban J connectivity index is 1.41. The van der Waals surface area contributed by atoms with Crippen LogP contribution in [0, 0.1) is 0 Å². The molecule has 1 atom stereocenters. The van der Waals surface area contributed by atoms with E-state index in [4.69, 9.17) is 14.2 Å². The number of fused-ring (bicyclic) bond motifs is 1. The van der Waals surface area contributed by atoms with Crippen molar-refractivity contribution in [3.05, 3.63) is 66.4 Å². The molecule has 1 amide bonds. The summed E-state index contributed by atoms with van der Waals surface area (Å²) < 4.78 is 18.0. The second-order valence-electron chi connectivity index (χ2n) is 8.43. The number of rotatable bonds is 5. The van der Waals surface area contributed by atoms with Crippen LogP contribution >= 0.6 is 0 Å². The van der Waals surface area contributed by atoms with Crippen molar-refractivity contribution in [1.29, 1.82) is 0 Å². The molecule has 0 aliphatic carbocycles. The highest BCUT2D eigenvalue weighted by molar-refractivity contribution is 5.92. The van der Waals surface area contributed by atoms with E-state index in [1.54, 1.807) is 22.9 Å². The Bertz CT molecular complexity index is 1120. The normalized spacial score (nSPS) is 15.2. The van der Waals surface area contributed by atoms with E-state index in [0.717, 1.165) is 11.4 Å². The number of aromatic nitrogens is 2. The first-order valence-electron chi connectivity index (χ1n) is 10.3. The van der Waals surface area contributed by atoms with Gasteiger partial charge in [0.2, 0.25) is 6.10 Å². The molecule has 0 saturated heterocycles. The minimum atomic E-state index is -0.931. The zero-order valence-electron chi connectivity index (χ0n) is 18.2. The molecule has 8 heteroatoms. The van der Waals surface area contributed by atoms with Gasteiger partial charge in [0.1, 0.15) is 12.4 Å². The van der Waals surface area contributed by atoms with Gasteiger partial charge >= 0.3 is 5.97 Å². The quantitative estimate of drug-likeness (QED) is 0.617. The van der Waals surface area contributed by atoms with E-state index in [0.29, 0.717) is 17.3 Å². The summed E-state index contributed by atoms with van der Waals surface area (Å²) in [6.07, 6.45) is -0.931. The summed E-state index contributed by atoms with van der Waals surface area (Å²) in [5.74, 6) is 0.382. The Kier molecular flexibility index (Phi) is 5.85. The van der Waals surface area contributed by atoms with Crippen molar-refractivity contribution >= 4 is 17.7 Å². The summed E-state index contributed by atoms with van der Waals surface area (Å²) in [5, 5.41) is 7.44. The summed E-state index contributed by atoms with van der Waals surface area (Å²) in [5.41, 5.74) is 1.42. The van der Waals surface area contributed by atoms with Crippen LogP contribution in [0.5, 0.6) is 11.5 Å². The number of ether oxygens (including phenoxy) is 3. The number of nitrogens with zero attached hydrogens (tertiary/aromatic N) is 2. The molecule has 0 radical (unpaired) electrons. The molecule has 1 aromatic heterocycles. The molecule has 1 aliphatic heterocycles. The lowest BCUT2D eigenvalue weighted by Crippen LogP contribution is -2.39. The molecule has 0 bridgehead atoms. The van der Waals surface area contributed by atoms with Crippen LogP contribution in [0.2, 0.25) is 0 Å². The molecule has 4 rings (SSSR count). The zero-order chi connectivity index (χ0) is 22.7. The predicted molar refractivity (Wildman–Crippen MR) is 118 cm³/mol. The van der Waals surface area contributed by atoms with Crippen molar-refractivity contribution in [2.75, 3.05) is 18.5 Å². The van der Waals surface area contributed by atoms with Gasteiger partial charge in [0.05, 0.1) is 11.4 Å². The molecule has 32 heavy (non-hydrogen) atoms. The van der Waals surface area contributed by atoms with E-state index in [1.807, 2.05) is 63.2 Å². The molecule has 0 saturated carbocycles. The van der Waals surface area contributed by atoms with Gasteiger partial charge in [-0.05, 0) is 24.3 Å². The van der Waals surface area contributed by atoms with Gasteiger partial charge in [-0.1, -0.05) is 51.1 Å². The summed E-state index contributed by atoms with van der Waals surface area (Å²) in [4.78, 5) is 24.9. The van der Waals surface area contributed by atoms with E-state index in [9.17, 15) is 9.59 Å². The van der Waals surface area contributed by atoms with E-state index in [2.05, 4.69) is 10.4 Å². The lowest BCUT2D eigenvalue weighted by atomic mass is 9.92. The summed E-state index contributed by atoms with van der Waals surface area (Å²) in [6, 6.07) is 18.4. The average molecular weight is 435 g/mol. The molecular weight excluding hydrogens is 410 g/mol. The molecule has 166 valence electrons. The van der Waals surface area contributed by atoms with Gasteiger partial charge in [-0.25, -0.2) is 9.48 Å². The van der Waals surface area contributed by atoms with Crippen molar-refractivity contribution in [3.8, 4) is 17.2 Å². The van der Waals surface area contributed by atoms with Gasteiger partial charge in [-0.15, -0.1) is 0 Å². The molecular formula is C24H25N3O5. The summed E-state index contributed by atoms with van der Waals surface area (Å²) >= 11 is 0. The van der Waals surface area contributed by atoms with E-state index >= 15 is 0 Å². The molecule has 3 aromatic rings. The maximum absolute atomic E-state index is 12.5. The van der Waals surface area contributed by atoms with Crippen LogP contribution in [-0.2, 0) is 19.7 Å². The Labute approximate surface area is 186 Å². The smallest absolute Gasteiger partial charge is 0.351 e. The SMILES string of the molecule is CC(C)(C)c1cc(NC(=O)COC(=O)C2COc3ccccc3O2)n(-c2ccccc2)n1. The number of amides is 1. The lowest BCUT2D eigenvalue weighted by molar-refractivity contribution is -0.156. The molecule has 1 aliphatic rings. The molecule has 2 heterocycles. The predicted octanol–water partition coefficient (Wildman–Crippen LogP) is 3.49. The van der Waals surface area contributed by atoms with Crippen LogP contribution in [0.1, 0.15) is 26.5 Å². The maximum atomic E-state index is 12.5. The van der Waals surface area contributed by atoms with Gasteiger partial charge in [0, 0.05) is 11.5 Å². The van der Waals surface area contributed by atoms with Crippen LogP contribution < -0.4 is 14.8 Å². The number of anilines is 1. The van der Waals surface area contributed by atoms with Crippen molar-refractivity contribution in [1.82, 2.24) is 9.78 Å².